The van der Waals surface area contributed by atoms with E-state index in [-0.39, 0.29) is 6.03 Å². The molecular formula is C25H29ClN4O4. The number of methoxy groups -OCH3 is 1. The third kappa shape index (κ3) is 5.13. The number of urea groups is 1. The first kappa shape index (κ1) is 23.9. The van der Waals surface area contributed by atoms with Gasteiger partial charge in [-0.2, -0.15) is 0 Å². The van der Waals surface area contributed by atoms with Crippen LogP contribution in [0.25, 0.3) is 0 Å². The van der Waals surface area contributed by atoms with E-state index in [1.54, 1.807) is 18.2 Å². The van der Waals surface area contributed by atoms with Gasteiger partial charge in [-0.25, -0.2) is 9.59 Å². The molecule has 0 aromatic heterocycles. The molecule has 1 saturated heterocycles. The molecule has 180 valence electrons. The number of piperazine rings is 1. The topological polar surface area (TPSA) is 83.1 Å². The summed E-state index contributed by atoms with van der Waals surface area (Å²) in [6.45, 7) is 6.12. The minimum Gasteiger partial charge on any atom is -0.492 e. The van der Waals surface area contributed by atoms with Gasteiger partial charge in [0.2, 0.25) is 0 Å². The van der Waals surface area contributed by atoms with E-state index in [1.807, 2.05) is 31.2 Å². The largest absolute Gasteiger partial charge is 0.492 e. The summed E-state index contributed by atoms with van der Waals surface area (Å²) in [7, 11) is 1.33. The Morgan fingerprint density at radius 1 is 1.09 bits per heavy atom. The van der Waals surface area contributed by atoms with Crippen molar-refractivity contribution in [2.45, 2.75) is 13.0 Å². The third-order valence-electron chi connectivity index (χ3n) is 6.03. The van der Waals surface area contributed by atoms with Crippen LogP contribution in [-0.2, 0) is 9.53 Å². The Balaban J connectivity index is 1.54. The van der Waals surface area contributed by atoms with Crippen LogP contribution in [0.3, 0.4) is 0 Å². The molecule has 0 unspecified atom stereocenters. The van der Waals surface area contributed by atoms with E-state index in [1.165, 1.54) is 7.11 Å². The van der Waals surface area contributed by atoms with E-state index in [0.717, 1.165) is 37.6 Å². The lowest BCUT2D eigenvalue weighted by atomic mass is 9.95. The molecule has 2 heterocycles. The number of halogens is 1. The predicted octanol–water partition coefficient (Wildman–Crippen LogP) is 3.34. The molecular weight excluding hydrogens is 456 g/mol. The van der Waals surface area contributed by atoms with E-state index in [4.69, 9.17) is 21.1 Å². The molecule has 4 rings (SSSR count). The lowest BCUT2D eigenvalue weighted by Crippen LogP contribution is -2.51. The third-order valence-corrected chi connectivity index (χ3v) is 6.38. The Morgan fingerprint density at radius 2 is 1.79 bits per heavy atom. The Labute approximate surface area is 204 Å². The van der Waals surface area contributed by atoms with Crippen molar-refractivity contribution in [2.24, 2.45) is 0 Å². The fourth-order valence-electron chi connectivity index (χ4n) is 4.40. The first-order valence-electron chi connectivity index (χ1n) is 11.3. The molecule has 0 bridgehead atoms. The molecule has 0 saturated carbocycles. The summed E-state index contributed by atoms with van der Waals surface area (Å²) in [5.74, 6) is 0.374. The summed E-state index contributed by atoms with van der Waals surface area (Å²) in [6, 6.07) is 14.1. The van der Waals surface area contributed by atoms with Crippen LogP contribution in [0.5, 0.6) is 5.75 Å². The van der Waals surface area contributed by atoms with Crippen molar-refractivity contribution in [1.29, 1.82) is 0 Å². The zero-order valence-electron chi connectivity index (χ0n) is 19.3. The molecule has 8 nitrogen and oxygen atoms in total. The fraction of sp³-hybridized carbons (Fsp3) is 0.360. The number of hydrogen-bond acceptors (Lipinski definition) is 6. The number of rotatable bonds is 7. The number of para-hydroxylation sites is 2. The zero-order chi connectivity index (χ0) is 24.1. The molecule has 0 spiro atoms. The molecule has 2 aromatic carbocycles. The number of nitrogens with one attached hydrogen (secondary N) is 2. The molecule has 0 aliphatic carbocycles. The molecule has 2 aliphatic rings. The summed E-state index contributed by atoms with van der Waals surface area (Å²) in [6.07, 6.45) is 0. The SMILES string of the molecule is CCOc1ccccc1N1CCN(CC2=C(C(=O)OC)[C@@H](c3ccccc3Cl)NC(=O)N2)CC1. The highest BCUT2D eigenvalue weighted by Gasteiger charge is 2.35. The maximum Gasteiger partial charge on any atom is 0.338 e. The van der Waals surface area contributed by atoms with Crippen LogP contribution in [-0.4, -0.2) is 63.3 Å². The number of amides is 2. The zero-order valence-corrected chi connectivity index (χ0v) is 20.1. The lowest BCUT2D eigenvalue weighted by molar-refractivity contribution is -0.136. The molecule has 2 aromatic rings. The normalized spacial score (nSPS) is 18.9. The second-order valence-corrected chi connectivity index (χ2v) is 8.51. The van der Waals surface area contributed by atoms with E-state index in [2.05, 4.69) is 26.5 Å². The number of carbonyl (C=O) groups excluding carboxylic acids is 2. The standard InChI is InChI=1S/C25H29ClN4O4/c1-3-34-21-11-7-6-10-20(21)30-14-12-29(13-15-30)16-19-22(24(31)33-2)23(28-25(32)27-19)17-8-4-5-9-18(17)26/h4-11,23H,3,12-16H2,1-2H3,(H2,27,28,32)/t23-/m1/s1. The van der Waals surface area contributed by atoms with Gasteiger partial charge in [0.05, 0.1) is 31.0 Å². The van der Waals surface area contributed by atoms with Crippen molar-refractivity contribution in [3.63, 3.8) is 0 Å². The summed E-state index contributed by atoms with van der Waals surface area (Å²) in [4.78, 5) is 29.8. The van der Waals surface area contributed by atoms with Gasteiger partial charge in [-0.05, 0) is 30.7 Å². The smallest absolute Gasteiger partial charge is 0.338 e. The molecule has 34 heavy (non-hydrogen) atoms. The number of carbonyl (C=O) groups is 2. The van der Waals surface area contributed by atoms with E-state index >= 15 is 0 Å². The number of nitrogens with zero attached hydrogens (tertiary/aromatic N) is 2. The Morgan fingerprint density at radius 3 is 2.50 bits per heavy atom. The van der Waals surface area contributed by atoms with Gasteiger partial charge >= 0.3 is 12.0 Å². The molecule has 1 fully saturated rings. The van der Waals surface area contributed by atoms with Crippen LogP contribution in [0.1, 0.15) is 18.5 Å². The van der Waals surface area contributed by atoms with Crippen molar-refractivity contribution < 1.29 is 19.1 Å². The molecule has 2 N–H and O–H groups in total. The van der Waals surface area contributed by atoms with E-state index in [9.17, 15) is 9.59 Å². The number of hydrogen-bond donors (Lipinski definition) is 2. The van der Waals surface area contributed by atoms with Gasteiger partial charge in [0.25, 0.3) is 0 Å². The van der Waals surface area contributed by atoms with Crippen molar-refractivity contribution in [3.8, 4) is 5.75 Å². The van der Waals surface area contributed by atoms with Crippen LogP contribution in [0.2, 0.25) is 5.02 Å². The number of benzene rings is 2. The van der Waals surface area contributed by atoms with E-state index < -0.39 is 12.0 Å². The van der Waals surface area contributed by atoms with Crippen molar-refractivity contribution in [1.82, 2.24) is 15.5 Å². The van der Waals surface area contributed by atoms with Gasteiger partial charge in [-0.1, -0.05) is 41.9 Å². The van der Waals surface area contributed by atoms with Gasteiger partial charge in [-0.15, -0.1) is 0 Å². The monoisotopic (exact) mass is 484 g/mol. The summed E-state index contributed by atoms with van der Waals surface area (Å²) < 4.78 is 10.9. The molecule has 1 atom stereocenters. The predicted molar refractivity (Wildman–Crippen MR) is 131 cm³/mol. The summed E-state index contributed by atoms with van der Waals surface area (Å²) in [5.41, 5.74) is 2.62. The summed E-state index contributed by atoms with van der Waals surface area (Å²) in [5, 5.41) is 6.12. The van der Waals surface area contributed by atoms with E-state index in [0.29, 0.717) is 35.0 Å². The van der Waals surface area contributed by atoms with Gasteiger partial charge in [-0.3, -0.25) is 4.90 Å². The Hall–Kier alpha value is -3.23. The lowest BCUT2D eigenvalue weighted by Gasteiger charge is -2.38. The highest BCUT2D eigenvalue weighted by molar-refractivity contribution is 6.31. The van der Waals surface area contributed by atoms with Crippen LogP contribution >= 0.6 is 11.6 Å². The maximum absolute atomic E-state index is 12.8. The highest BCUT2D eigenvalue weighted by atomic mass is 35.5. The van der Waals surface area contributed by atoms with Crippen LogP contribution in [0.4, 0.5) is 10.5 Å². The second-order valence-electron chi connectivity index (χ2n) is 8.10. The van der Waals surface area contributed by atoms with Crippen molar-refractivity contribution >= 4 is 29.3 Å². The average Bonchev–Trinajstić information content (AvgIpc) is 2.85. The number of esters is 1. The fourth-order valence-corrected chi connectivity index (χ4v) is 4.65. The quantitative estimate of drug-likeness (QED) is 0.586. The number of ether oxygens (including phenoxy) is 2. The summed E-state index contributed by atoms with van der Waals surface area (Å²) >= 11 is 6.39. The van der Waals surface area contributed by atoms with Crippen LogP contribution in [0.15, 0.2) is 59.8 Å². The molecule has 9 heteroatoms. The second kappa shape index (κ2) is 10.8. The van der Waals surface area contributed by atoms with Crippen molar-refractivity contribution in [3.05, 3.63) is 70.4 Å². The van der Waals surface area contributed by atoms with Gasteiger partial charge < -0.3 is 25.0 Å². The van der Waals surface area contributed by atoms with Gasteiger partial charge in [0.1, 0.15) is 5.75 Å². The van der Waals surface area contributed by atoms with Gasteiger partial charge in [0, 0.05) is 43.4 Å². The van der Waals surface area contributed by atoms with Crippen LogP contribution < -0.4 is 20.3 Å². The van der Waals surface area contributed by atoms with Crippen LogP contribution in [0, 0.1) is 0 Å². The Bertz CT molecular complexity index is 1080. The highest BCUT2D eigenvalue weighted by Crippen LogP contribution is 2.33. The average molecular weight is 485 g/mol. The minimum absolute atomic E-state index is 0.360. The van der Waals surface area contributed by atoms with Crippen molar-refractivity contribution in [2.75, 3.05) is 51.3 Å². The maximum atomic E-state index is 12.8. The first-order valence-corrected chi connectivity index (χ1v) is 11.7. The Kier molecular flexibility index (Phi) is 7.59. The first-order chi connectivity index (χ1) is 16.5. The molecule has 0 radical (unpaired) electrons. The molecule has 2 amide bonds. The molecule has 2 aliphatic heterocycles. The number of anilines is 1. The minimum atomic E-state index is -0.691. The van der Waals surface area contributed by atoms with Gasteiger partial charge in [0.15, 0.2) is 0 Å².